The average Bonchev–Trinajstić information content (AvgIpc) is 3.05. The van der Waals surface area contributed by atoms with Gasteiger partial charge in [0.25, 0.3) is 0 Å². The molecule has 3 rings (SSSR count). The fraction of sp³-hybridized carbons (Fsp3) is 0.200. The number of benzene rings is 2. The van der Waals surface area contributed by atoms with Crippen LogP contribution in [0.15, 0.2) is 48.5 Å². The SMILES string of the molecule is CCCCOc1ccc(/C=C(/C#N)c2nc3ccccc3s2)cc1. The maximum Gasteiger partial charge on any atom is 0.135 e. The summed E-state index contributed by atoms with van der Waals surface area (Å²) < 4.78 is 6.75. The molecule has 0 N–H and O–H groups in total. The van der Waals surface area contributed by atoms with Crippen LogP contribution in [0.2, 0.25) is 0 Å². The van der Waals surface area contributed by atoms with Crippen molar-refractivity contribution in [3.8, 4) is 11.8 Å². The highest BCUT2D eigenvalue weighted by Gasteiger charge is 2.08. The lowest BCUT2D eigenvalue weighted by molar-refractivity contribution is 0.309. The van der Waals surface area contributed by atoms with Crippen molar-refractivity contribution in [3.63, 3.8) is 0 Å². The minimum atomic E-state index is 0.579. The molecule has 3 aromatic rings. The van der Waals surface area contributed by atoms with Crippen molar-refractivity contribution in [1.82, 2.24) is 4.98 Å². The third kappa shape index (κ3) is 3.81. The lowest BCUT2D eigenvalue weighted by atomic mass is 10.1. The highest BCUT2D eigenvalue weighted by atomic mass is 32.1. The van der Waals surface area contributed by atoms with Crippen molar-refractivity contribution in [2.24, 2.45) is 0 Å². The van der Waals surface area contributed by atoms with Crippen molar-refractivity contribution >= 4 is 33.2 Å². The molecule has 2 aromatic carbocycles. The Morgan fingerprint density at radius 3 is 2.71 bits per heavy atom. The van der Waals surface area contributed by atoms with Crippen LogP contribution in [0.5, 0.6) is 5.75 Å². The van der Waals surface area contributed by atoms with Crippen LogP contribution in [0.4, 0.5) is 0 Å². The first-order valence-electron chi connectivity index (χ1n) is 8.01. The quantitative estimate of drug-likeness (QED) is 0.439. The van der Waals surface area contributed by atoms with Gasteiger partial charge in [0.15, 0.2) is 0 Å². The van der Waals surface area contributed by atoms with E-state index < -0.39 is 0 Å². The smallest absolute Gasteiger partial charge is 0.135 e. The van der Waals surface area contributed by atoms with Crippen LogP contribution in [-0.4, -0.2) is 11.6 Å². The second-order valence-corrected chi connectivity index (χ2v) is 6.46. The molecular weight excluding hydrogens is 316 g/mol. The number of ether oxygens (including phenoxy) is 1. The number of nitrogens with zero attached hydrogens (tertiary/aromatic N) is 2. The molecule has 4 heteroatoms. The summed E-state index contributed by atoms with van der Waals surface area (Å²) >= 11 is 1.54. The zero-order valence-corrected chi connectivity index (χ0v) is 14.3. The molecule has 1 aromatic heterocycles. The monoisotopic (exact) mass is 334 g/mol. The van der Waals surface area contributed by atoms with E-state index in [2.05, 4.69) is 18.0 Å². The fourth-order valence-electron chi connectivity index (χ4n) is 2.29. The highest BCUT2D eigenvalue weighted by molar-refractivity contribution is 7.19. The van der Waals surface area contributed by atoms with E-state index in [4.69, 9.17) is 4.74 Å². The summed E-state index contributed by atoms with van der Waals surface area (Å²) in [5.41, 5.74) is 2.47. The van der Waals surface area contributed by atoms with E-state index in [9.17, 15) is 5.26 Å². The molecule has 24 heavy (non-hydrogen) atoms. The molecule has 0 aliphatic carbocycles. The highest BCUT2D eigenvalue weighted by Crippen LogP contribution is 2.28. The third-order valence-corrected chi connectivity index (χ3v) is 4.67. The molecule has 0 aliphatic heterocycles. The minimum absolute atomic E-state index is 0.579. The molecule has 0 unspecified atom stereocenters. The molecule has 0 aliphatic rings. The summed E-state index contributed by atoms with van der Waals surface area (Å²) in [6, 6.07) is 18.0. The second kappa shape index (κ2) is 7.76. The molecule has 120 valence electrons. The Kier molecular flexibility index (Phi) is 5.25. The van der Waals surface area contributed by atoms with E-state index in [1.54, 1.807) is 0 Å². The van der Waals surface area contributed by atoms with Gasteiger partial charge in [-0.1, -0.05) is 37.6 Å². The number of aromatic nitrogens is 1. The first-order chi connectivity index (χ1) is 11.8. The zero-order valence-electron chi connectivity index (χ0n) is 13.5. The van der Waals surface area contributed by atoms with Gasteiger partial charge in [-0.15, -0.1) is 11.3 Å². The summed E-state index contributed by atoms with van der Waals surface area (Å²) in [6.07, 6.45) is 4.04. The minimum Gasteiger partial charge on any atom is -0.494 e. The number of fused-ring (bicyclic) bond motifs is 1. The van der Waals surface area contributed by atoms with Gasteiger partial charge in [0.1, 0.15) is 16.8 Å². The molecule has 0 saturated heterocycles. The Balaban J connectivity index is 1.81. The molecule has 3 nitrogen and oxygen atoms in total. The first kappa shape index (κ1) is 16.2. The van der Waals surface area contributed by atoms with E-state index >= 15 is 0 Å². The fourth-order valence-corrected chi connectivity index (χ4v) is 3.22. The molecule has 0 spiro atoms. The molecule has 0 saturated carbocycles. The number of hydrogen-bond donors (Lipinski definition) is 0. The van der Waals surface area contributed by atoms with Gasteiger partial charge in [-0.05, 0) is 42.3 Å². The number of nitriles is 1. The topological polar surface area (TPSA) is 45.9 Å². The van der Waals surface area contributed by atoms with Crippen molar-refractivity contribution < 1.29 is 4.74 Å². The summed E-state index contributed by atoms with van der Waals surface area (Å²) in [5.74, 6) is 0.860. The largest absolute Gasteiger partial charge is 0.494 e. The molecule has 0 bridgehead atoms. The zero-order chi connectivity index (χ0) is 16.8. The van der Waals surface area contributed by atoms with Gasteiger partial charge in [-0.2, -0.15) is 5.26 Å². The van der Waals surface area contributed by atoms with Crippen LogP contribution in [-0.2, 0) is 0 Å². The Labute approximate surface area is 145 Å². The number of thiazole rings is 1. The van der Waals surface area contributed by atoms with Crippen LogP contribution in [0.1, 0.15) is 30.3 Å². The molecule has 0 radical (unpaired) electrons. The summed E-state index contributed by atoms with van der Waals surface area (Å²) in [4.78, 5) is 4.55. The summed E-state index contributed by atoms with van der Waals surface area (Å²) in [5, 5.41) is 10.2. The van der Waals surface area contributed by atoms with Crippen molar-refractivity contribution in [2.45, 2.75) is 19.8 Å². The normalized spacial score (nSPS) is 11.4. The molecule has 0 atom stereocenters. The molecule has 1 heterocycles. The van der Waals surface area contributed by atoms with Crippen molar-refractivity contribution in [2.75, 3.05) is 6.61 Å². The Morgan fingerprint density at radius 1 is 1.21 bits per heavy atom. The van der Waals surface area contributed by atoms with Crippen LogP contribution in [0.3, 0.4) is 0 Å². The molecule has 0 amide bonds. The number of hydrogen-bond acceptors (Lipinski definition) is 4. The lowest BCUT2D eigenvalue weighted by Crippen LogP contribution is -1.95. The van der Waals surface area contributed by atoms with Crippen LogP contribution in [0, 0.1) is 11.3 Å². The predicted molar refractivity (Wildman–Crippen MR) is 99.9 cm³/mol. The third-order valence-electron chi connectivity index (χ3n) is 3.60. The molecular formula is C20H18N2OS. The van der Waals surface area contributed by atoms with Crippen molar-refractivity contribution in [3.05, 3.63) is 59.1 Å². The number of para-hydroxylation sites is 1. The number of allylic oxidation sites excluding steroid dienone is 1. The van der Waals surface area contributed by atoms with Crippen LogP contribution in [0.25, 0.3) is 21.9 Å². The Hall–Kier alpha value is -2.64. The summed E-state index contributed by atoms with van der Waals surface area (Å²) in [6.45, 7) is 2.88. The molecule has 0 fully saturated rings. The van der Waals surface area contributed by atoms with Gasteiger partial charge >= 0.3 is 0 Å². The van der Waals surface area contributed by atoms with Gasteiger partial charge in [0, 0.05) is 0 Å². The first-order valence-corrected chi connectivity index (χ1v) is 8.82. The van der Waals surface area contributed by atoms with E-state index in [0.717, 1.165) is 46.0 Å². The Bertz CT molecular complexity index is 855. The van der Waals surface area contributed by atoms with Gasteiger partial charge < -0.3 is 4.74 Å². The second-order valence-electron chi connectivity index (χ2n) is 5.43. The maximum absolute atomic E-state index is 9.49. The van der Waals surface area contributed by atoms with Crippen LogP contribution < -0.4 is 4.74 Å². The lowest BCUT2D eigenvalue weighted by Gasteiger charge is -2.05. The number of rotatable bonds is 6. The summed E-state index contributed by atoms with van der Waals surface area (Å²) in [7, 11) is 0. The van der Waals surface area contributed by atoms with Gasteiger partial charge in [0.2, 0.25) is 0 Å². The number of unbranched alkanes of at least 4 members (excludes halogenated alkanes) is 1. The van der Waals surface area contributed by atoms with Gasteiger partial charge in [0.05, 0.1) is 22.4 Å². The van der Waals surface area contributed by atoms with E-state index in [1.165, 1.54) is 11.3 Å². The Morgan fingerprint density at radius 2 is 2.00 bits per heavy atom. The van der Waals surface area contributed by atoms with E-state index in [1.807, 2.05) is 54.6 Å². The van der Waals surface area contributed by atoms with E-state index in [-0.39, 0.29) is 0 Å². The van der Waals surface area contributed by atoms with E-state index in [0.29, 0.717) is 5.57 Å². The standard InChI is InChI=1S/C20H18N2OS/c1-2-3-12-23-17-10-8-15(9-11-17)13-16(14-21)20-22-18-6-4-5-7-19(18)24-20/h4-11,13H,2-3,12H2,1H3/b16-13-. The van der Waals surface area contributed by atoms with Gasteiger partial charge in [-0.25, -0.2) is 4.98 Å². The van der Waals surface area contributed by atoms with Crippen LogP contribution >= 0.6 is 11.3 Å². The predicted octanol–water partition coefficient (Wildman–Crippen LogP) is 5.54. The van der Waals surface area contributed by atoms with Crippen molar-refractivity contribution in [1.29, 1.82) is 5.26 Å². The maximum atomic E-state index is 9.49. The van der Waals surface area contributed by atoms with Gasteiger partial charge in [-0.3, -0.25) is 0 Å². The average molecular weight is 334 g/mol.